The molecule has 20 heavy (non-hydrogen) atoms. The Bertz CT molecular complexity index is 490. The first-order chi connectivity index (χ1) is 9.56. The number of hydrogen-bond donors (Lipinski definition) is 1. The number of carbonyl (C=O) groups excluding carboxylic acids is 1. The lowest BCUT2D eigenvalue weighted by atomic mass is 10.2. The summed E-state index contributed by atoms with van der Waals surface area (Å²) in [6, 6.07) is 4.05. The molecular formula is C13H16BrNO4S. The van der Waals surface area contributed by atoms with Gasteiger partial charge >= 0.3 is 5.97 Å². The van der Waals surface area contributed by atoms with Gasteiger partial charge in [0.15, 0.2) is 6.10 Å². The number of nitrogens with zero attached hydrogens (tertiary/aromatic N) is 1. The molecule has 0 unspecified atom stereocenters. The van der Waals surface area contributed by atoms with Gasteiger partial charge in [0.05, 0.1) is 16.9 Å². The number of hydrogen-bond acceptors (Lipinski definition) is 4. The van der Waals surface area contributed by atoms with Gasteiger partial charge in [-0.25, -0.2) is 4.79 Å². The molecule has 2 rings (SSSR count). The van der Waals surface area contributed by atoms with Gasteiger partial charge in [0.1, 0.15) is 0 Å². The van der Waals surface area contributed by atoms with Crippen LogP contribution in [0.25, 0.3) is 0 Å². The van der Waals surface area contributed by atoms with Crippen molar-refractivity contribution in [3.63, 3.8) is 0 Å². The zero-order chi connectivity index (χ0) is 14.5. The Hall–Kier alpha value is -0.920. The molecule has 1 aromatic heterocycles. The number of ether oxygens (including phenoxy) is 1. The van der Waals surface area contributed by atoms with Gasteiger partial charge in [0.25, 0.3) is 0 Å². The van der Waals surface area contributed by atoms with Crippen molar-refractivity contribution in [3.8, 4) is 0 Å². The molecule has 1 aliphatic rings. The fourth-order valence-corrected chi connectivity index (χ4v) is 3.61. The fraction of sp³-hybridized carbons (Fsp3) is 0.538. The summed E-state index contributed by atoms with van der Waals surface area (Å²) in [6.07, 6.45) is 1.21. The van der Waals surface area contributed by atoms with Crippen molar-refractivity contribution in [2.45, 2.75) is 25.4 Å². The van der Waals surface area contributed by atoms with E-state index in [0.29, 0.717) is 19.6 Å². The van der Waals surface area contributed by atoms with E-state index >= 15 is 0 Å². The Kier molecular flexibility index (Phi) is 5.56. The Morgan fingerprint density at radius 2 is 2.30 bits per heavy atom. The minimum atomic E-state index is -1.01. The van der Waals surface area contributed by atoms with E-state index in [1.165, 1.54) is 4.88 Å². The standard InChI is InChI=1S/C13H16BrNO4S/c14-11-5-4-9(20-11)2-1-3-12(16)15-6-7-19-10(8-15)13(17)18/h4-5,10H,1-3,6-8H2,(H,17,18)/t10-/m0/s1. The number of carbonyl (C=O) groups is 2. The predicted molar refractivity (Wildman–Crippen MR) is 78.9 cm³/mol. The van der Waals surface area contributed by atoms with Gasteiger partial charge in [-0.1, -0.05) is 0 Å². The van der Waals surface area contributed by atoms with E-state index in [-0.39, 0.29) is 12.5 Å². The maximum Gasteiger partial charge on any atom is 0.334 e. The first kappa shape index (κ1) is 15.5. The molecule has 110 valence electrons. The Morgan fingerprint density at radius 3 is 2.95 bits per heavy atom. The normalized spacial score (nSPS) is 19.1. The average Bonchev–Trinajstić information content (AvgIpc) is 2.84. The molecule has 1 fully saturated rings. The van der Waals surface area contributed by atoms with E-state index in [0.717, 1.165) is 16.6 Å². The molecule has 1 saturated heterocycles. The third-order valence-electron chi connectivity index (χ3n) is 3.14. The molecule has 0 aromatic carbocycles. The second kappa shape index (κ2) is 7.19. The van der Waals surface area contributed by atoms with Crippen LogP contribution >= 0.6 is 27.3 Å². The number of rotatable bonds is 5. The SMILES string of the molecule is O=C(O)[C@@H]1CN(C(=O)CCCc2ccc(Br)s2)CCO1. The van der Waals surface area contributed by atoms with Crippen LogP contribution in [0.2, 0.25) is 0 Å². The molecule has 0 saturated carbocycles. The van der Waals surface area contributed by atoms with Gasteiger partial charge < -0.3 is 14.7 Å². The van der Waals surface area contributed by atoms with Crippen LogP contribution in [0.3, 0.4) is 0 Å². The van der Waals surface area contributed by atoms with Gasteiger partial charge in [-0.2, -0.15) is 0 Å². The molecule has 7 heteroatoms. The molecule has 0 bridgehead atoms. The number of amides is 1. The maximum atomic E-state index is 12.0. The van der Waals surface area contributed by atoms with Crippen molar-refractivity contribution in [1.82, 2.24) is 4.90 Å². The van der Waals surface area contributed by atoms with Crippen LogP contribution in [-0.4, -0.2) is 47.7 Å². The van der Waals surface area contributed by atoms with Crippen LogP contribution in [0.4, 0.5) is 0 Å². The number of morpholine rings is 1. The van der Waals surface area contributed by atoms with Crippen molar-refractivity contribution in [2.75, 3.05) is 19.7 Å². The van der Waals surface area contributed by atoms with Crippen molar-refractivity contribution >= 4 is 39.1 Å². The van der Waals surface area contributed by atoms with Gasteiger partial charge in [-0.15, -0.1) is 11.3 Å². The van der Waals surface area contributed by atoms with E-state index in [1.54, 1.807) is 16.2 Å². The third kappa shape index (κ3) is 4.29. The summed E-state index contributed by atoms with van der Waals surface area (Å²) >= 11 is 5.08. The molecule has 0 spiro atoms. The lowest BCUT2D eigenvalue weighted by molar-refractivity contribution is -0.159. The number of aryl methyl sites for hydroxylation is 1. The molecular weight excluding hydrogens is 346 g/mol. The predicted octanol–water partition coefficient (Wildman–Crippen LogP) is 2.15. The summed E-state index contributed by atoms with van der Waals surface area (Å²) in [4.78, 5) is 25.7. The molecule has 0 aliphatic carbocycles. The molecule has 1 N–H and O–H groups in total. The highest BCUT2D eigenvalue weighted by atomic mass is 79.9. The Balaban J connectivity index is 1.75. The first-order valence-corrected chi connectivity index (χ1v) is 8.03. The topological polar surface area (TPSA) is 66.8 Å². The van der Waals surface area contributed by atoms with E-state index in [4.69, 9.17) is 9.84 Å². The van der Waals surface area contributed by atoms with Crippen LogP contribution in [0.5, 0.6) is 0 Å². The number of carboxylic acid groups (broad SMARTS) is 1. The van der Waals surface area contributed by atoms with Crippen molar-refractivity contribution in [2.24, 2.45) is 0 Å². The quantitative estimate of drug-likeness (QED) is 0.872. The van der Waals surface area contributed by atoms with Crippen LogP contribution < -0.4 is 0 Å². The lowest BCUT2D eigenvalue weighted by Gasteiger charge is -2.30. The van der Waals surface area contributed by atoms with E-state index in [1.807, 2.05) is 6.07 Å². The van der Waals surface area contributed by atoms with E-state index in [9.17, 15) is 9.59 Å². The van der Waals surface area contributed by atoms with Crippen molar-refractivity contribution in [1.29, 1.82) is 0 Å². The number of halogens is 1. The molecule has 1 aliphatic heterocycles. The summed E-state index contributed by atoms with van der Waals surface area (Å²) in [6.45, 7) is 0.923. The van der Waals surface area contributed by atoms with Crippen LogP contribution in [0, 0.1) is 0 Å². The van der Waals surface area contributed by atoms with E-state index < -0.39 is 12.1 Å². The Labute approximate surface area is 129 Å². The first-order valence-electron chi connectivity index (χ1n) is 6.42. The summed E-state index contributed by atoms with van der Waals surface area (Å²) in [5, 5.41) is 8.90. The molecule has 1 atom stereocenters. The smallest absolute Gasteiger partial charge is 0.334 e. The maximum absolute atomic E-state index is 12.0. The number of carboxylic acids is 1. The summed E-state index contributed by atoms with van der Waals surface area (Å²) in [5.41, 5.74) is 0. The van der Waals surface area contributed by atoms with Gasteiger partial charge in [0.2, 0.25) is 5.91 Å². The molecule has 2 heterocycles. The summed E-state index contributed by atoms with van der Waals surface area (Å²) < 4.78 is 6.19. The zero-order valence-corrected chi connectivity index (χ0v) is 13.3. The third-order valence-corrected chi connectivity index (χ3v) is 4.82. The number of aliphatic carboxylic acids is 1. The molecule has 1 aromatic rings. The van der Waals surface area contributed by atoms with E-state index in [2.05, 4.69) is 22.0 Å². The summed E-state index contributed by atoms with van der Waals surface area (Å²) in [7, 11) is 0. The number of thiophene rings is 1. The Morgan fingerprint density at radius 1 is 1.50 bits per heavy atom. The molecule has 0 radical (unpaired) electrons. The second-order valence-corrected chi connectivity index (χ2v) is 7.14. The molecule has 5 nitrogen and oxygen atoms in total. The lowest BCUT2D eigenvalue weighted by Crippen LogP contribution is -2.48. The fourth-order valence-electron chi connectivity index (χ4n) is 2.08. The zero-order valence-electron chi connectivity index (χ0n) is 10.9. The van der Waals surface area contributed by atoms with Gasteiger partial charge in [-0.05, 0) is 40.9 Å². The summed E-state index contributed by atoms with van der Waals surface area (Å²) in [5.74, 6) is -0.999. The van der Waals surface area contributed by atoms with Crippen molar-refractivity contribution < 1.29 is 19.4 Å². The van der Waals surface area contributed by atoms with Gasteiger partial charge in [0, 0.05) is 17.8 Å². The second-order valence-electron chi connectivity index (χ2n) is 4.60. The molecule has 1 amide bonds. The minimum Gasteiger partial charge on any atom is -0.479 e. The van der Waals surface area contributed by atoms with Crippen LogP contribution in [-0.2, 0) is 20.7 Å². The van der Waals surface area contributed by atoms with Crippen LogP contribution in [0.15, 0.2) is 15.9 Å². The van der Waals surface area contributed by atoms with Crippen molar-refractivity contribution in [3.05, 3.63) is 20.8 Å². The highest BCUT2D eigenvalue weighted by Gasteiger charge is 2.28. The highest BCUT2D eigenvalue weighted by molar-refractivity contribution is 9.11. The highest BCUT2D eigenvalue weighted by Crippen LogP contribution is 2.23. The van der Waals surface area contributed by atoms with Gasteiger partial charge in [-0.3, -0.25) is 4.79 Å². The van der Waals surface area contributed by atoms with Crippen LogP contribution in [0.1, 0.15) is 17.7 Å². The minimum absolute atomic E-state index is 0.00942. The average molecular weight is 362 g/mol. The monoisotopic (exact) mass is 361 g/mol. The largest absolute Gasteiger partial charge is 0.479 e.